The first-order chi connectivity index (χ1) is 7.18. The van der Waals surface area contributed by atoms with Gasteiger partial charge in [0, 0.05) is 20.6 Å². The molecule has 0 aliphatic heterocycles. The van der Waals surface area contributed by atoms with Crippen LogP contribution in [0.2, 0.25) is 0 Å². The maximum atomic E-state index is 5.28. The van der Waals surface area contributed by atoms with Gasteiger partial charge in [0.1, 0.15) is 0 Å². The Balaban J connectivity index is 0. The van der Waals surface area contributed by atoms with Crippen molar-refractivity contribution in [2.75, 3.05) is 33.7 Å². The molecule has 0 atom stereocenters. The van der Waals surface area contributed by atoms with Crippen LogP contribution in [0, 0.1) is 0 Å². The van der Waals surface area contributed by atoms with Crippen molar-refractivity contribution in [3.8, 4) is 0 Å². The fourth-order valence-electron chi connectivity index (χ4n) is 0.978. The second-order valence-corrected chi connectivity index (χ2v) is 3.79. The molecule has 0 amide bonds. The zero-order valence-corrected chi connectivity index (χ0v) is 10.8. The van der Waals surface area contributed by atoms with Crippen LogP contribution in [0.25, 0.3) is 0 Å². The van der Waals surface area contributed by atoms with E-state index in [1.54, 1.807) is 0 Å². The van der Waals surface area contributed by atoms with Gasteiger partial charge in [-0.3, -0.25) is 10.4 Å². The standard InChI is InChI=1S/C6H16N2.C5H14N2/c7-5-3-1-2-4-6-8;1-4-5-6-7(2)3/h1-8H2;6H,4-5H2,1-3H3. The minimum atomic E-state index is 0.824. The molecule has 4 heteroatoms. The van der Waals surface area contributed by atoms with E-state index in [1.165, 1.54) is 19.3 Å². The number of unbranched alkanes of at least 4 members (excludes halogenated alkanes) is 3. The highest BCUT2D eigenvalue weighted by Crippen LogP contribution is 1.95. The first-order valence-corrected chi connectivity index (χ1v) is 6.00. The Labute approximate surface area is 95.4 Å². The zero-order chi connectivity index (χ0) is 11.9. The largest absolute Gasteiger partial charge is 0.330 e. The van der Waals surface area contributed by atoms with Crippen molar-refractivity contribution in [3.63, 3.8) is 0 Å². The average molecular weight is 218 g/mol. The van der Waals surface area contributed by atoms with E-state index in [2.05, 4.69) is 12.3 Å². The van der Waals surface area contributed by atoms with Gasteiger partial charge in [-0.15, -0.1) is 0 Å². The average Bonchev–Trinajstić information content (AvgIpc) is 2.22. The maximum Gasteiger partial charge on any atom is 0.00993 e. The topological polar surface area (TPSA) is 67.3 Å². The molecule has 0 aromatic heterocycles. The molecule has 15 heavy (non-hydrogen) atoms. The molecule has 0 aliphatic rings. The van der Waals surface area contributed by atoms with E-state index in [9.17, 15) is 0 Å². The summed E-state index contributed by atoms with van der Waals surface area (Å²) < 4.78 is 0. The molecule has 0 fully saturated rings. The lowest BCUT2D eigenvalue weighted by Crippen LogP contribution is -2.30. The lowest BCUT2D eigenvalue weighted by Gasteiger charge is -2.08. The van der Waals surface area contributed by atoms with Gasteiger partial charge in [0.25, 0.3) is 0 Å². The predicted octanol–water partition coefficient (Wildman–Crippen LogP) is 0.927. The Morgan fingerprint density at radius 3 is 1.60 bits per heavy atom. The first kappa shape index (κ1) is 17.2. The summed E-state index contributed by atoms with van der Waals surface area (Å²) in [5, 5.41) is 1.96. The van der Waals surface area contributed by atoms with Crippen molar-refractivity contribution in [2.45, 2.75) is 39.0 Å². The highest BCUT2D eigenvalue weighted by Gasteiger charge is 1.83. The van der Waals surface area contributed by atoms with Crippen LogP contribution >= 0.6 is 0 Å². The number of nitrogens with zero attached hydrogens (tertiary/aromatic N) is 1. The summed E-state index contributed by atoms with van der Waals surface area (Å²) in [6.07, 6.45) is 5.99. The predicted molar refractivity (Wildman–Crippen MR) is 68.6 cm³/mol. The van der Waals surface area contributed by atoms with Gasteiger partial charge in [0.15, 0.2) is 0 Å². The van der Waals surface area contributed by atoms with E-state index < -0.39 is 0 Å². The van der Waals surface area contributed by atoms with Crippen LogP contribution in [-0.2, 0) is 0 Å². The van der Waals surface area contributed by atoms with Crippen molar-refractivity contribution in [2.24, 2.45) is 11.5 Å². The van der Waals surface area contributed by atoms with E-state index >= 15 is 0 Å². The van der Waals surface area contributed by atoms with Crippen molar-refractivity contribution in [1.82, 2.24) is 10.4 Å². The van der Waals surface area contributed by atoms with Crippen molar-refractivity contribution in [1.29, 1.82) is 0 Å². The van der Waals surface area contributed by atoms with Crippen LogP contribution in [0.15, 0.2) is 0 Å². The Kier molecular flexibility index (Phi) is 18.7. The Hall–Kier alpha value is -0.160. The summed E-state index contributed by atoms with van der Waals surface area (Å²) in [5.41, 5.74) is 13.7. The summed E-state index contributed by atoms with van der Waals surface area (Å²) in [5.74, 6) is 0. The monoisotopic (exact) mass is 218 g/mol. The fraction of sp³-hybridized carbons (Fsp3) is 1.00. The van der Waals surface area contributed by atoms with Gasteiger partial charge in [-0.25, -0.2) is 0 Å². The second-order valence-electron chi connectivity index (χ2n) is 3.79. The molecule has 4 nitrogen and oxygen atoms in total. The quantitative estimate of drug-likeness (QED) is 0.419. The van der Waals surface area contributed by atoms with Crippen LogP contribution in [-0.4, -0.2) is 38.7 Å². The molecule has 5 N–H and O–H groups in total. The van der Waals surface area contributed by atoms with Crippen molar-refractivity contribution >= 4 is 0 Å². The van der Waals surface area contributed by atoms with Crippen molar-refractivity contribution in [3.05, 3.63) is 0 Å². The molecule has 0 rings (SSSR count). The van der Waals surface area contributed by atoms with E-state index in [-0.39, 0.29) is 0 Å². The molecular weight excluding hydrogens is 188 g/mol. The lowest BCUT2D eigenvalue weighted by molar-refractivity contribution is 0.291. The summed E-state index contributed by atoms with van der Waals surface area (Å²) >= 11 is 0. The molecule has 0 bridgehead atoms. The van der Waals surface area contributed by atoms with E-state index in [1.807, 2.05) is 19.1 Å². The van der Waals surface area contributed by atoms with Crippen LogP contribution in [0.1, 0.15) is 39.0 Å². The van der Waals surface area contributed by atoms with Crippen LogP contribution in [0.5, 0.6) is 0 Å². The summed E-state index contributed by atoms with van der Waals surface area (Å²) in [6, 6.07) is 0. The molecule has 0 aliphatic carbocycles. The molecule has 0 aromatic carbocycles. The number of rotatable bonds is 8. The molecule has 0 spiro atoms. The van der Waals surface area contributed by atoms with Crippen molar-refractivity contribution < 1.29 is 0 Å². The molecule has 0 aromatic rings. The fourth-order valence-corrected chi connectivity index (χ4v) is 0.978. The van der Waals surface area contributed by atoms with Gasteiger partial charge in [0.2, 0.25) is 0 Å². The summed E-state index contributed by atoms with van der Waals surface area (Å²) in [6.45, 7) is 4.87. The number of hydrogen-bond donors (Lipinski definition) is 3. The maximum absolute atomic E-state index is 5.28. The van der Waals surface area contributed by atoms with Gasteiger partial charge < -0.3 is 11.5 Å². The lowest BCUT2D eigenvalue weighted by atomic mass is 10.2. The number of nitrogens with two attached hydrogens (primary N) is 2. The summed E-state index contributed by atoms with van der Waals surface area (Å²) in [7, 11) is 3.99. The third-order valence-corrected chi connectivity index (χ3v) is 1.84. The number of hydrazine groups is 1. The van der Waals surface area contributed by atoms with E-state index in [0.717, 1.165) is 32.5 Å². The molecule has 0 saturated heterocycles. The highest BCUT2D eigenvalue weighted by atomic mass is 15.5. The van der Waals surface area contributed by atoms with Gasteiger partial charge in [-0.1, -0.05) is 19.8 Å². The third kappa shape index (κ3) is 24.8. The van der Waals surface area contributed by atoms with E-state index in [4.69, 9.17) is 11.5 Å². The Morgan fingerprint density at radius 1 is 0.933 bits per heavy atom. The minimum Gasteiger partial charge on any atom is -0.330 e. The number of hydrogen-bond acceptors (Lipinski definition) is 4. The van der Waals surface area contributed by atoms with Crippen LogP contribution < -0.4 is 16.9 Å². The Bertz CT molecular complexity index is 90.6. The molecular formula is C11H30N4. The molecule has 0 unspecified atom stereocenters. The molecule has 0 heterocycles. The molecule has 0 saturated carbocycles. The number of nitrogens with one attached hydrogen (secondary N) is 1. The zero-order valence-electron chi connectivity index (χ0n) is 10.8. The SMILES string of the molecule is CCCNN(C)C.NCCCCCCN. The van der Waals surface area contributed by atoms with Crippen LogP contribution in [0.3, 0.4) is 0 Å². The molecule has 0 radical (unpaired) electrons. The normalized spacial score (nSPS) is 10.0. The smallest absolute Gasteiger partial charge is 0.00993 e. The second kappa shape index (κ2) is 16.3. The van der Waals surface area contributed by atoms with Gasteiger partial charge in [-0.05, 0) is 32.4 Å². The first-order valence-electron chi connectivity index (χ1n) is 6.00. The third-order valence-electron chi connectivity index (χ3n) is 1.84. The van der Waals surface area contributed by atoms with Gasteiger partial charge in [0.05, 0.1) is 0 Å². The minimum absolute atomic E-state index is 0.824. The van der Waals surface area contributed by atoms with Crippen LogP contribution in [0.4, 0.5) is 0 Å². The van der Waals surface area contributed by atoms with Gasteiger partial charge in [-0.2, -0.15) is 0 Å². The summed E-state index contributed by atoms with van der Waals surface area (Å²) in [4.78, 5) is 0. The van der Waals surface area contributed by atoms with E-state index in [0.29, 0.717) is 0 Å². The van der Waals surface area contributed by atoms with Gasteiger partial charge >= 0.3 is 0 Å². The Morgan fingerprint density at radius 2 is 1.40 bits per heavy atom. The molecule has 94 valence electrons. The highest BCUT2D eigenvalue weighted by molar-refractivity contribution is 4.43.